The molecule has 3 N–H and O–H groups in total. The highest BCUT2D eigenvalue weighted by Gasteiger charge is 2.14. The standard InChI is InChI=1S/C20H31ClO4/c1-14(7-6-8-15(2)11-22)9-10-18(12-23)20(24)19(13-25-5)16(3)17(4)21/h8-9,22-24H,4,6-7,10-13H2,1-3,5H3/b14-9+,15-8+,19-16-,20-18+. The highest BCUT2D eigenvalue weighted by atomic mass is 35.5. The van der Waals surface area contributed by atoms with Crippen molar-refractivity contribution >= 4 is 11.6 Å². The Bertz CT molecular complexity index is 568. The lowest BCUT2D eigenvalue weighted by Crippen LogP contribution is -2.06. The van der Waals surface area contributed by atoms with Gasteiger partial charge in [0, 0.05) is 23.3 Å². The molecule has 0 heterocycles. The number of hydrogen-bond acceptors (Lipinski definition) is 4. The van der Waals surface area contributed by atoms with Crippen LogP contribution in [0.15, 0.2) is 57.4 Å². The summed E-state index contributed by atoms with van der Waals surface area (Å²) in [5.41, 5.74) is 3.77. The minimum Gasteiger partial charge on any atom is -0.508 e. The van der Waals surface area contributed by atoms with Gasteiger partial charge in [-0.15, -0.1) is 0 Å². The summed E-state index contributed by atoms with van der Waals surface area (Å²) in [6, 6.07) is 0. The minimum absolute atomic E-state index is 0.00345. The zero-order valence-corrected chi connectivity index (χ0v) is 16.5. The molecular weight excluding hydrogens is 340 g/mol. The fourth-order valence-electron chi connectivity index (χ4n) is 2.12. The van der Waals surface area contributed by atoms with Gasteiger partial charge in [-0.3, -0.25) is 0 Å². The molecule has 25 heavy (non-hydrogen) atoms. The van der Waals surface area contributed by atoms with Gasteiger partial charge in [0.25, 0.3) is 0 Å². The van der Waals surface area contributed by atoms with Crippen LogP contribution in [0, 0.1) is 0 Å². The molecule has 0 radical (unpaired) electrons. The minimum atomic E-state index is -0.256. The molecule has 0 aliphatic heterocycles. The second kappa shape index (κ2) is 13.0. The Labute approximate surface area is 156 Å². The summed E-state index contributed by atoms with van der Waals surface area (Å²) < 4.78 is 5.13. The molecule has 0 saturated carbocycles. The first kappa shape index (κ1) is 23.7. The van der Waals surface area contributed by atoms with E-state index in [0.29, 0.717) is 28.2 Å². The molecule has 0 spiro atoms. The molecule has 142 valence electrons. The number of aliphatic hydroxyl groups excluding tert-OH is 3. The fraction of sp³-hybridized carbons (Fsp3) is 0.500. The molecule has 0 amide bonds. The second-order valence-corrected chi connectivity index (χ2v) is 6.51. The van der Waals surface area contributed by atoms with Crippen LogP contribution in [0.3, 0.4) is 0 Å². The maximum atomic E-state index is 10.5. The summed E-state index contributed by atoms with van der Waals surface area (Å²) in [5, 5.41) is 29.5. The van der Waals surface area contributed by atoms with Crippen LogP contribution >= 0.6 is 11.6 Å². The molecule has 0 aromatic heterocycles. The Hall–Kier alpha value is -1.33. The zero-order chi connectivity index (χ0) is 19.4. The van der Waals surface area contributed by atoms with E-state index in [1.165, 1.54) is 7.11 Å². The number of allylic oxidation sites excluding steroid dienone is 5. The lowest BCUT2D eigenvalue weighted by Gasteiger charge is -2.14. The smallest absolute Gasteiger partial charge is 0.123 e. The summed E-state index contributed by atoms with van der Waals surface area (Å²) in [4.78, 5) is 0. The van der Waals surface area contributed by atoms with Gasteiger partial charge in [-0.1, -0.05) is 41.5 Å². The Morgan fingerprint density at radius 1 is 1.08 bits per heavy atom. The molecule has 0 fully saturated rings. The van der Waals surface area contributed by atoms with Crippen LogP contribution in [0.4, 0.5) is 0 Å². The summed E-state index contributed by atoms with van der Waals surface area (Å²) in [5.74, 6) is 0.00345. The maximum Gasteiger partial charge on any atom is 0.123 e. The van der Waals surface area contributed by atoms with Crippen LogP contribution in [-0.4, -0.2) is 42.3 Å². The third-order valence-electron chi connectivity index (χ3n) is 3.94. The SMILES string of the molecule is C=C(Cl)/C(C)=C(COC)\C(O)=C(/CO)C/C=C(\C)CC/C=C(\C)CO. The first-order valence-electron chi connectivity index (χ1n) is 8.26. The van der Waals surface area contributed by atoms with E-state index in [-0.39, 0.29) is 25.6 Å². The normalized spacial score (nSPS) is 15.0. The number of rotatable bonds is 11. The fourth-order valence-corrected chi connectivity index (χ4v) is 2.24. The van der Waals surface area contributed by atoms with Gasteiger partial charge in [-0.25, -0.2) is 0 Å². The average Bonchev–Trinajstić information content (AvgIpc) is 2.58. The summed E-state index contributed by atoms with van der Waals surface area (Å²) in [6.07, 6.45) is 6.13. The summed E-state index contributed by atoms with van der Waals surface area (Å²) in [7, 11) is 1.53. The highest BCUT2D eigenvalue weighted by molar-refractivity contribution is 6.31. The van der Waals surface area contributed by atoms with Gasteiger partial charge in [0.2, 0.25) is 0 Å². The second-order valence-electron chi connectivity index (χ2n) is 6.05. The van der Waals surface area contributed by atoms with Crippen LogP contribution in [0.5, 0.6) is 0 Å². The van der Waals surface area contributed by atoms with Gasteiger partial charge < -0.3 is 20.1 Å². The summed E-state index contributed by atoms with van der Waals surface area (Å²) in [6.45, 7) is 9.33. The van der Waals surface area contributed by atoms with Gasteiger partial charge >= 0.3 is 0 Å². The molecule has 0 aromatic rings. The van der Waals surface area contributed by atoms with Gasteiger partial charge in [-0.05, 0) is 45.6 Å². The molecule has 0 aliphatic carbocycles. The largest absolute Gasteiger partial charge is 0.508 e. The molecular formula is C20H31ClO4. The van der Waals surface area contributed by atoms with Crippen molar-refractivity contribution in [2.75, 3.05) is 26.9 Å². The van der Waals surface area contributed by atoms with E-state index in [0.717, 1.165) is 24.0 Å². The van der Waals surface area contributed by atoms with E-state index in [9.17, 15) is 10.2 Å². The lowest BCUT2D eigenvalue weighted by atomic mass is 10.0. The van der Waals surface area contributed by atoms with Crippen molar-refractivity contribution in [1.29, 1.82) is 0 Å². The highest BCUT2D eigenvalue weighted by Crippen LogP contribution is 2.24. The van der Waals surface area contributed by atoms with E-state index in [1.54, 1.807) is 6.92 Å². The molecule has 5 heteroatoms. The number of halogens is 1. The van der Waals surface area contributed by atoms with Gasteiger partial charge in [-0.2, -0.15) is 0 Å². The van der Waals surface area contributed by atoms with E-state index in [4.69, 9.17) is 21.4 Å². The van der Waals surface area contributed by atoms with Crippen LogP contribution in [0.25, 0.3) is 0 Å². The summed E-state index contributed by atoms with van der Waals surface area (Å²) >= 11 is 5.93. The first-order valence-corrected chi connectivity index (χ1v) is 8.64. The topological polar surface area (TPSA) is 69.9 Å². The molecule has 0 saturated heterocycles. The maximum absolute atomic E-state index is 10.5. The number of ether oxygens (including phenoxy) is 1. The molecule has 0 unspecified atom stereocenters. The predicted octanol–water partition coefficient (Wildman–Crippen LogP) is 4.56. The molecule has 0 rings (SSSR count). The van der Waals surface area contributed by atoms with E-state index >= 15 is 0 Å². The quantitative estimate of drug-likeness (QED) is 0.283. The van der Waals surface area contributed by atoms with Crippen molar-refractivity contribution < 1.29 is 20.1 Å². The van der Waals surface area contributed by atoms with Gasteiger partial charge in [0.15, 0.2) is 0 Å². The Balaban J connectivity index is 5.27. The Morgan fingerprint density at radius 2 is 1.72 bits per heavy atom. The van der Waals surface area contributed by atoms with E-state index < -0.39 is 0 Å². The van der Waals surface area contributed by atoms with Crippen molar-refractivity contribution in [1.82, 2.24) is 0 Å². The number of methoxy groups -OCH3 is 1. The molecule has 0 atom stereocenters. The van der Waals surface area contributed by atoms with E-state index in [1.807, 2.05) is 26.0 Å². The molecule has 0 aliphatic rings. The van der Waals surface area contributed by atoms with Crippen LogP contribution in [-0.2, 0) is 4.74 Å². The lowest BCUT2D eigenvalue weighted by molar-refractivity contribution is 0.218. The van der Waals surface area contributed by atoms with Gasteiger partial charge in [0.05, 0.1) is 19.8 Å². The van der Waals surface area contributed by atoms with Crippen molar-refractivity contribution in [2.45, 2.75) is 40.0 Å². The monoisotopic (exact) mass is 370 g/mol. The predicted molar refractivity (Wildman–Crippen MR) is 105 cm³/mol. The molecule has 0 aromatic carbocycles. The van der Waals surface area contributed by atoms with Crippen molar-refractivity contribution in [3.63, 3.8) is 0 Å². The third-order valence-corrected chi connectivity index (χ3v) is 4.22. The van der Waals surface area contributed by atoms with Crippen LogP contribution < -0.4 is 0 Å². The average molecular weight is 371 g/mol. The number of hydrogen-bond donors (Lipinski definition) is 3. The van der Waals surface area contributed by atoms with Gasteiger partial charge in [0.1, 0.15) is 5.76 Å². The Morgan fingerprint density at radius 3 is 2.20 bits per heavy atom. The Kier molecular flexibility index (Phi) is 12.3. The number of aliphatic hydroxyl groups is 3. The van der Waals surface area contributed by atoms with Crippen molar-refractivity contribution in [2.24, 2.45) is 0 Å². The first-order chi connectivity index (χ1) is 11.8. The zero-order valence-electron chi connectivity index (χ0n) is 15.7. The van der Waals surface area contributed by atoms with Crippen molar-refractivity contribution in [3.05, 3.63) is 57.4 Å². The van der Waals surface area contributed by atoms with E-state index in [2.05, 4.69) is 6.58 Å². The molecule has 4 nitrogen and oxygen atoms in total. The third kappa shape index (κ3) is 9.07. The van der Waals surface area contributed by atoms with Crippen LogP contribution in [0.2, 0.25) is 0 Å². The molecule has 0 bridgehead atoms. The van der Waals surface area contributed by atoms with Crippen molar-refractivity contribution in [3.8, 4) is 0 Å². The van der Waals surface area contributed by atoms with Crippen LogP contribution in [0.1, 0.15) is 40.0 Å².